The molecule has 0 atom stereocenters. The molecule has 1 aromatic carbocycles. The highest BCUT2D eigenvalue weighted by molar-refractivity contribution is 5.89. The van der Waals surface area contributed by atoms with Gasteiger partial charge in [-0.05, 0) is 38.1 Å². The molecule has 0 aromatic heterocycles. The molecule has 6 heteroatoms. The van der Waals surface area contributed by atoms with Crippen LogP contribution in [0.3, 0.4) is 0 Å². The Hall–Kier alpha value is -2.24. The van der Waals surface area contributed by atoms with E-state index in [0.717, 1.165) is 0 Å². The molecule has 0 heterocycles. The fourth-order valence-electron chi connectivity index (χ4n) is 1.23. The van der Waals surface area contributed by atoms with Crippen LogP contribution in [0.15, 0.2) is 24.3 Å². The normalized spacial score (nSPS) is 9.44. The second kappa shape index (κ2) is 7.16. The first-order valence-corrected chi connectivity index (χ1v) is 5.76. The van der Waals surface area contributed by atoms with Gasteiger partial charge in [0.25, 0.3) is 0 Å². The number of hydrogen-bond acceptors (Lipinski definition) is 3. The van der Waals surface area contributed by atoms with E-state index in [4.69, 9.17) is 4.74 Å². The van der Waals surface area contributed by atoms with Crippen LogP contribution in [0.25, 0.3) is 0 Å². The molecular formula is C12H17N3O3. The van der Waals surface area contributed by atoms with Crippen LogP contribution in [0.4, 0.5) is 15.3 Å². The maximum Gasteiger partial charge on any atom is 0.412 e. The average Bonchev–Trinajstić information content (AvgIpc) is 2.32. The van der Waals surface area contributed by atoms with Crippen molar-refractivity contribution < 1.29 is 14.3 Å². The summed E-state index contributed by atoms with van der Waals surface area (Å²) in [5.41, 5.74) is 0.629. The van der Waals surface area contributed by atoms with Gasteiger partial charge in [-0.25, -0.2) is 9.59 Å². The molecule has 3 N–H and O–H groups in total. The van der Waals surface area contributed by atoms with Gasteiger partial charge in [-0.1, -0.05) is 0 Å². The summed E-state index contributed by atoms with van der Waals surface area (Å²) in [7, 11) is 0. The highest BCUT2D eigenvalue weighted by Crippen LogP contribution is 2.15. The van der Waals surface area contributed by atoms with Crippen LogP contribution >= 0.6 is 0 Å². The number of carbonyl (C=O) groups is 2. The van der Waals surface area contributed by atoms with Crippen molar-refractivity contribution in [1.29, 1.82) is 0 Å². The van der Waals surface area contributed by atoms with Crippen molar-refractivity contribution in [2.24, 2.45) is 0 Å². The monoisotopic (exact) mass is 251 g/mol. The Balaban J connectivity index is 2.52. The molecule has 0 aliphatic rings. The number of hydrogen-bond donors (Lipinski definition) is 3. The molecule has 0 aliphatic heterocycles. The Bertz CT molecular complexity index is 365. The first-order chi connectivity index (χ1) is 8.65. The number of nitrogens with one attached hydrogen (secondary N) is 3. The fourth-order valence-corrected chi connectivity index (χ4v) is 1.23. The smallest absolute Gasteiger partial charge is 0.410 e. The number of anilines is 1. The van der Waals surface area contributed by atoms with Crippen molar-refractivity contribution in [2.75, 3.05) is 18.4 Å². The van der Waals surface area contributed by atoms with E-state index in [1.807, 2.05) is 6.92 Å². The molecule has 1 aromatic rings. The van der Waals surface area contributed by atoms with Gasteiger partial charge in [0.1, 0.15) is 5.75 Å². The lowest BCUT2D eigenvalue weighted by molar-refractivity contribution is 0.201. The van der Waals surface area contributed by atoms with Crippen molar-refractivity contribution in [1.82, 2.24) is 10.6 Å². The predicted octanol–water partition coefficient (Wildman–Crippen LogP) is 1.94. The van der Waals surface area contributed by atoms with Crippen molar-refractivity contribution in [3.8, 4) is 5.75 Å². The van der Waals surface area contributed by atoms with Gasteiger partial charge < -0.3 is 20.7 Å². The first kappa shape index (κ1) is 13.8. The molecule has 0 radical (unpaired) electrons. The van der Waals surface area contributed by atoms with Crippen LogP contribution in [0.1, 0.15) is 13.8 Å². The topological polar surface area (TPSA) is 79.5 Å². The Kier molecular flexibility index (Phi) is 5.50. The standard InChI is InChI=1S/C12H17N3O3/c1-3-13-11(16)15-9-5-7-10(8-6-9)18-12(17)14-4-2/h5-8H,3-4H2,1-2H3,(H,14,17)(H2,13,15,16). The van der Waals surface area contributed by atoms with Crippen LogP contribution in [-0.2, 0) is 0 Å². The zero-order chi connectivity index (χ0) is 13.4. The quantitative estimate of drug-likeness (QED) is 0.765. The third-order valence-electron chi connectivity index (χ3n) is 1.98. The van der Waals surface area contributed by atoms with E-state index in [0.29, 0.717) is 24.5 Å². The molecule has 0 fully saturated rings. The van der Waals surface area contributed by atoms with E-state index in [1.165, 1.54) is 0 Å². The van der Waals surface area contributed by atoms with Gasteiger partial charge in [-0.3, -0.25) is 0 Å². The summed E-state index contributed by atoms with van der Waals surface area (Å²) >= 11 is 0. The second-order valence-electron chi connectivity index (χ2n) is 3.43. The Morgan fingerprint density at radius 1 is 1.06 bits per heavy atom. The molecule has 1 rings (SSSR count). The fraction of sp³-hybridized carbons (Fsp3) is 0.333. The van der Waals surface area contributed by atoms with Gasteiger partial charge in [0, 0.05) is 18.8 Å². The molecule has 0 aliphatic carbocycles. The zero-order valence-corrected chi connectivity index (χ0v) is 10.4. The van der Waals surface area contributed by atoms with Crippen LogP contribution < -0.4 is 20.7 Å². The second-order valence-corrected chi connectivity index (χ2v) is 3.43. The third-order valence-corrected chi connectivity index (χ3v) is 1.98. The van der Waals surface area contributed by atoms with E-state index in [2.05, 4.69) is 16.0 Å². The van der Waals surface area contributed by atoms with Crippen LogP contribution in [0.5, 0.6) is 5.75 Å². The van der Waals surface area contributed by atoms with Crippen LogP contribution in [0.2, 0.25) is 0 Å². The molecule has 0 saturated carbocycles. The molecular weight excluding hydrogens is 234 g/mol. The number of urea groups is 1. The van der Waals surface area contributed by atoms with Gasteiger partial charge in [-0.2, -0.15) is 0 Å². The lowest BCUT2D eigenvalue weighted by Gasteiger charge is -2.07. The zero-order valence-electron chi connectivity index (χ0n) is 10.4. The number of rotatable bonds is 4. The molecule has 98 valence electrons. The van der Waals surface area contributed by atoms with Gasteiger partial charge in [0.05, 0.1) is 0 Å². The molecule has 3 amide bonds. The Morgan fingerprint density at radius 3 is 2.22 bits per heavy atom. The van der Waals surface area contributed by atoms with Crippen molar-refractivity contribution in [3.63, 3.8) is 0 Å². The summed E-state index contributed by atoms with van der Waals surface area (Å²) in [5.74, 6) is 0.419. The van der Waals surface area contributed by atoms with Crippen molar-refractivity contribution >= 4 is 17.8 Å². The third kappa shape index (κ3) is 4.73. The molecule has 0 bridgehead atoms. The largest absolute Gasteiger partial charge is 0.412 e. The summed E-state index contributed by atoms with van der Waals surface area (Å²) in [6.07, 6.45) is -0.498. The number of amides is 3. The van der Waals surface area contributed by atoms with Crippen LogP contribution in [0, 0.1) is 0 Å². The molecule has 6 nitrogen and oxygen atoms in total. The Morgan fingerprint density at radius 2 is 1.67 bits per heavy atom. The maximum absolute atomic E-state index is 11.2. The SMILES string of the molecule is CCNC(=O)Nc1ccc(OC(=O)NCC)cc1. The van der Waals surface area contributed by atoms with E-state index in [-0.39, 0.29) is 6.03 Å². The van der Waals surface area contributed by atoms with Crippen molar-refractivity contribution in [3.05, 3.63) is 24.3 Å². The van der Waals surface area contributed by atoms with E-state index in [9.17, 15) is 9.59 Å². The van der Waals surface area contributed by atoms with E-state index >= 15 is 0 Å². The summed E-state index contributed by atoms with van der Waals surface area (Å²) in [6, 6.07) is 6.26. The summed E-state index contributed by atoms with van der Waals surface area (Å²) in [5, 5.41) is 7.77. The Labute approximate surface area is 106 Å². The molecule has 0 unspecified atom stereocenters. The van der Waals surface area contributed by atoms with Gasteiger partial charge in [0.2, 0.25) is 0 Å². The number of benzene rings is 1. The van der Waals surface area contributed by atoms with Gasteiger partial charge >= 0.3 is 12.1 Å². The van der Waals surface area contributed by atoms with Crippen LogP contribution in [-0.4, -0.2) is 25.2 Å². The van der Waals surface area contributed by atoms with Gasteiger partial charge in [0.15, 0.2) is 0 Å². The maximum atomic E-state index is 11.2. The molecule has 18 heavy (non-hydrogen) atoms. The first-order valence-electron chi connectivity index (χ1n) is 5.76. The predicted molar refractivity (Wildman–Crippen MR) is 68.8 cm³/mol. The van der Waals surface area contributed by atoms with E-state index < -0.39 is 6.09 Å². The summed E-state index contributed by atoms with van der Waals surface area (Å²) < 4.78 is 4.98. The molecule has 0 saturated heterocycles. The minimum Gasteiger partial charge on any atom is -0.410 e. The molecule has 0 spiro atoms. The lowest BCUT2D eigenvalue weighted by atomic mass is 10.3. The lowest BCUT2D eigenvalue weighted by Crippen LogP contribution is -2.28. The average molecular weight is 251 g/mol. The summed E-state index contributed by atoms with van der Waals surface area (Å²) in [6.45, 7) is 4.71. The summed E-state index contributed by atoms with van der Waals surface area (Å²) in [4.78, 5) is 22.4. The minimum atomic E-state index is -0.498. The highest BCUT2D eigenvalue weighted by atomic mass is 16.5. The number of ether oxygens (including phenoxy) is 1. The number of carbonyl (C=O) groups excluding carboxylic acids is 2. The minimum absolute atomic E-state index is 0.269. The van der Waals surface area contributed by atoms with Crippen molar-refractivity contribution in [2.45, 2.75) is 13.8 Å². The highest BCUT2D eigenvalue weighted by Gasteiger charge is 2.03. The van der Waals surface area contributed by atoms with Gasteiger partial charge in [-0.15, -0.1) is 0 Å². The van der Waals surface area contributed by atoms with E-state index in [1.54, 1.807) is 31.2 Å².